The van der Waals surface area contributed by atoms with Gasteiger partial charge in [0.25, 0.3) is 0 Å². The number of amides is 1. The van der Waals surface area contributed by atoms with E-state index in [1.54, 1.807) is 0 Å². The molecular weight excluding hydrogens is 174 g/mol. The molecule has 1 aliphatic carbocycles. The van der Waals surface area contributed by atoms with E-state index in [0.29, 0.717) is 0 Å². The van der Waals surface area contributed by atoms with Crippen LogP contribution in [0, 0.1) is 5.41 Å². The van der Waals surface area contributed by atoms with Crippen LogP contribution in [-0.4, -0.2) is 12.5 Å². The molecule has 1 saturated carbocycles. The monoisotopic (exact) mass is 195 g/mol. The lowest BCUT2D eigenvalue weighted by Gasteiger charge is -2.21. The van der Waals surface area contributed by atoms with Crippen LogP contribution in [0.25, 0.3) is 0 Å². The summed E-state index contributed by atoms with van der Waals surface area (Å²) >= 11 is 0. The summed E-state index contributed by atoms with van der Waals surface area (Å²) in [4.78, 5) is 11.8. The Bertz CT molecular complexity index is 214. The predicted molar refractivity (Wildman–Crippen MR) is 59.0 cm³/mol. The zero-order valence-electron chi connectivity index (χ0n) is 9.31. The van der Waals surface area contributed by atoms with Gasteiger partial charge in [-0.05, 0) is 26.2 Å². The maximum atomic E-state index is 11.8. The number of rotatable bonds is 4. The first-order chi connectivity index (χ1) is 6.69. The highest BCUT2D eigenvalue weighted by Gasteiger charge is 2.35. The molecule has 2 nitrogen and oxygen atoms in total. The third kappa shape index (κ3) is 2.86. The van der Waals surface area contributed by atoms with E-state index in [2.05, 4.69) is 18.3 Å². The van der Waals surface area contributed by atoms with Gasteiger partial charge in [-0.1, -0.05) is 31.9 Å². The van der Waals surface area contributed by atoms with E-state index >= 15 is 0 Å². The third-order valence-corrected chi connectivity index (χ3v) is 3.09. The minimum absolute atomic E-state index is 0.0735. The van der Waals surface area contributed by atoms with E-state index in [1.807, 2.05) is 13.0 Å². The summed E-state index contributed by atoms with van der Waals surface area (Å²) in [5.74, 6) is 0.250. The Morgan fingerprint density at radius 3 is 2.64 bits per heavy atom. The van der Waals surface area contributed by atoms with Crippen LogP contribution in [0.1, 0.15) is 46.0 Å². The second-order valence-electron chi connectivity index (χ2n) is 4.38. The lowest BCUT2D eigenvalue weighted by molar-refractivity contribution is -0.129. The van der Waals surface area contributed by atoms with Crippen molar-refractivity contribution in [2.24, 2.45) is 5.41 Å². The van der Waals surface area contributed by atoms with Gasteiger partial charge in [0.05, 0.1) is 0 Å². The van der Waals surface area contributed by atoms with E-state index in [4.69, 9.17) is 0 Å². The summed E-state index contributed by atoms with van der Waals surface area (Å²) in [5, 5.41) is 3.01. The average Bonchev–Trinajstić information content (AvgIpc) is 2.61. The Labute approximate surface area is 86.8 Å². The minimum atomic E-state index is -0.0735. The predicted octanol–water partition coefficient (Wildman–Crippen LogP) is 2.65. The fraction of sp³-hybridized carbons (Fsp3) is 0.750. The molecule has 0 aliphatic heterocycles. The summed E-state index contributed by atoms with van der Waals surface area (Å²) in [7, 11) is 0. The second kappa shape index (κ2) is 5.18. The molecule has 0 aromatic carbocycles. The largest absolute Gasteiger partial charge is 0.355 e. The molecule has 1 fully saturated rings. The Balaban J connectivity index is 2.27. The molecule has 0 aromatic heterocycles. The second-order valence-corrected chi connectivity index (χ2v) is 4.38. The molecule has 0 spiro atoms. The van der Waals surface area contributed by atoms with Crippen molar-refractivity contribution in [3.63, 3.8) is 0 Å². The van der Waals surface area contributed by atoms with E-state index < -0.39 is 0 Å². The van der Waals surface area contributed by atoms with Crippen LogP contribution < -0.4 is 5.32 Å². The van der Waals surface area contributed by atoms with Crippen molar-refractivity contribution < 1.29 is 4.79 Å². The summed E-state index contributed by atoms with van der Waals surface area (Å²) < 4.78 is 0. The summed E-state index contributed by atoms with van der Waals surface area (Å²) in [6, 6.07) is 0. The van der Waals surface area contributed by atoms with Crippen molar-refractivity contribution >= 4 is 5.91 Å². The van der Waals surface area contributed by atoms with E-state index in [-0.39, 0.29) is 11.3 Å². The van der Waals surface area contributed by atoms with Gasteiger partial charge < -0.3 is 5.32 Å². The number of allylic oxidation sites excluding steroid dienone is 1. The number of nitrogens with one attached hydrogen (secondary N) is 1. The van der Waals surface area contributed by atoms with Gasteiger partial charge >= 0.3 is 0 Å². The van der Waals surface area contributed by atoms with Crippen LogP contribution in [0.2, 0.25) is 0 Å². The fourth-order valence-corrected chi connectivity index (χ4v) is 2.03. The molecule has 1 aliphatic rings. The van der Waals surface area contributed by atoms with Gasteiger partial charge in [0.2, 0.25) is 5.91 Å². The normalized spacial score (nSPS) is 20.1. The Morgan fingerprint density at radius 2 is 2.07 bits per heavy atom. The highest BCUT2D eigenvalue weighted by atomic mass is 16.2. The van der Waals surface area contributed by atoms with Crippen LogP contribution in [0.5, 0.6) is 0 Å². The Hall–Kier alpha value is -0.790. The molecule has 0 bridgehead atoms. The van der Waals surface area contributed by atoms with Gasteiger partial charge in [-0.15, -0.1) is 0 Å². The molecule has 80 valence electrons. The van der Waals surface area contributed by atoms with Crippen LogP contribution in [0.4, 0.5) is 0 Å². The number of carbonyl (C=O) groups is 1. The van der Waals surface area contributed by atoms with Gasteiger partial charge in [-0.2, -0.15) is 0 Å². The minimum Gasteiger partial charge on any atom is -0.355 e. The summed E-state index contributed by atoms with van der Waals surface area (Å²) in [6.45, 7) is 4.86. The van der Waals surface area contributed by atoms with E-state index in [9.17, 15) is 4.79 Å². The van der Waals surface area contributed by atoms with Gasteiger partial charge in [0.1, 0.15) is 0 Å². The van der Waals surface area contributed by atoms with Crippen molar-refractivity contribution in [2.45, 2.75) is 46.0 Å². The number of hydrogen-bond donors (Lipinski definition) is 1. The zero-order valence-corrected chi connectivity index (χ0v) is 9.31. The first kappa shape index (κ1) is 11.3. The molecule has 1 N–H and O–H groups in total. The smallest absolute Gasteiger partial charge is 0.225 e. The lowest BCUT2D eigenvalue weighted by Crippen LogP contribution is -2.37. The molecule has 0 radical (unpaired) electrons. The molecule has 0 atom stereocenters. The van der Waals surface area contributed by atoms with Gasteiger partial charge in [0.15, 0.2) is 0 Å². The maximum absolute atomic E-state index is 11.8. The topological polar surface area (TPSA) is 29.1 Å². The number of hydrogen-bond acceptors (Lipinski definition) is 1. The molecule has 0 heterocycles. The van der Waals surface area contributed by atoms with Gasteiger partial charge in [-0.25, -0.2) is 0 Å². The van der Waals surface area contributed by atoms with Crippen molar-refractivity contribution in [3.05, 3.63) is 12.2 Å². The van der Waals surface area contributed by atoms with Crippen molar-refractivity contribution in [1.82, 2.24) is 5.32 Å². The Kier molecular flexibility index (Phi) is 4.18. The van der Waals surface area contributed by atoms with Gasteiger partial charge in [-0.3, -0.25) is 4.79 Å². The summed E-state index contributed by atoms with van der Waals surface area (Å²) in [6.07, 6.45) is 9.57. The third-order valence-electron chi connectivity index (χ3n) is 3.09. The molecule has 0 aromatic rings. The van der Waals surface area contributed by atoms with Crippen LogP contribution in [-0.2, 0) is 4.79 Å². The van der Waals surface area contributed by atoms with Crippen molar-refractivity contribution in [3.8, 4) is 0 Å². The quantitative estimate of drug-likeness (QED) is 0.542. The molecule has 1 amide bonds. The van der Waals surface area contributed by atoms with Crippen molar-refractivity contribution in [1.29, 1.82) is 0 Å². The van der Waals surface area contributed by atoms with E-state index in [1.165, 1.54) is 12.8 Å². The van der Waals surface area contributed by atoms with Crippen LogP contribution >= 0.6 is 0 Å². The highest BCUT2D eigenvalue weighted by Crippen LogP contribution is 2.37. The first-order valence-electron chi connectivity index (χ1n) is 5.58. The molecule has 1 rings (SSSR count). The molecule has 0 unspecified atom stereocenters. The maximum Gasteiger partial charge on any atom is 0.225 e. The lowest BCUT2D eigenvalue weighted by atomic mass is 9.88. The zero-order chi connectivity index (χ0) is 10.4. The van der Waals surface area contributed by atoms with Crippen molar-refractivity contribution in [2.75, 3.05) is 6.54 Å². The molecule has 2 heteroatoms. The average molecular weight is 195 g/mol. The van der Waals surface area contributed by atoms with E-state index in [0.717, 1.165) is 25.8 Å². The molecule has 0 saturated heterocycles. The van der Waals surface area contributed by atoms with Crippen LogP contribution in [0.15, 0.2) is 12.2 Å². The standard InChI is InChI=1S/C12H21NO/c1-3-4-7-10-13-11(14)12(2)8-5-6-9-12/h3-4H,5-10H2,1-2H3,(H,13,14)/b4-3+. The fourth-order valence-electron chi connectivity index (χ4n) is 2.03. The number of carbonyl (C=O) groups excluding carboxylic acids is 1. The molecular formula is C12H21NO. The summed E-state index contributed by atoms with van der Waals surface area (Å²) in [5.41, 5.74) is -0.0735. The first-order valence-corrected chi connectivity index (χ1v) is 5.58. The molecule has 14 heavy (non-hydrogen) atoms. The Morgan fingerprint density at radius 1 is 1.43 bits per heavy atom. The SMILES string of the molecule is C/C=C/CCNC(=O)C1(C)CCCC1. The highest BCUT2D eigenvalue weighted by molar-refractivity contribution is 5.82. The van der Waals surface area contributed by atoms with Crippen LogP contribution in [0.3, 0.4) is 0 Å². The van der Waals surface area contributed by atoms with Gasteiger partial charge in [0, 0.05) is 12.0 Å².